The molecule has 2 aliphatic rings. The Morgan fingerprint density at radius 1 is 1.11 bits per heavy atom. The summed E-state index contributed by atoms with van der Waals surface area (Å²) in [4.78, 5) is 40.4. The van der Waals surface area contributed by atoms with Crippen molar-refractivity contribution in [3.8, 4) is 0 Å². The van der Waals surface area contributed by atoms with Gasteiger partial charge in [-0.05, 0) is 42.4 Å². The molecule has 1 aromatic rings. The van der Waals surface area contributed by atoms with Crippen molar-refractivity contribution < 1.29 is 19.5 Å². The molecule has 3 unspecified atom stereocenters. The summed E-state index contributed by atoms with van der Waals surface area (Å²) in [6.07, 6.45) is 0.959. The molecule has 0 bridgehead atoms. The Labute approximate surface area is 160 Å². The van der Waals surface area contributed by atoms with Crippen LogP contribution in [0.15, 0.2) is 24.3 Å². The number of hydrogen-bond donors (Lipinski definition) is 1. The zero-order valence-corrected chi connectivity index (χ0v) is 16.2. The van der Waals surface area contributed by atoms with Gasteiger partial charge in [-0.1, -0.05) is 32.9 Å². The minimum atomic E-state index is -0.803. The first-order valence-electron chi connectivity index (χ1n) is 9.72. The SMILES string of the molecule is CC(C)c1ccc(N2CCC(C(=O)N3CCC(C(=O)O)C(C)C3)C2=O)cc1. The largest absolute Gasteiger partial charge is 0.481 e. The quantitative estimate of drug-likeness (QED) is 0.825. The molecule has 27 heavy (non-hydrogen) atoms. The maximum Gasteiger partial charge on any atom is 0.306 e. The fraction of sp³-hybridized carbons (Fsp3) is 0.571. The molecule has 0 aromatic heterocycles. The van der Waals surface area contributed by atoms with E-state index in [1.54, 1.807) is 9.80 Å². The average Bonchev–Trinajstić information content (AvgIpc) is 3.02. The molecular formula is C21H28N2O4. The van der Waals surface area contributed by atoms with Gasteiger partial charge in [-0.3, -0.25) is 14.4 Å². The number of carboxylic acids is 1. The molecule has 2 saturated heterocycles. The molecule has 2 heterocycles. The summed E-state index contributed by atoms with van der Waals surface area (Å²) in [6, 6.07) is 7.95. The standard InChI is InChI=1S/C21H28N2O4/c1-13(2)15-4-6-16(7-5-15)23-11-9-18(20(23)25)19(24)22-10-8-17(21(26)27)14(3)12-22/h4-7,13-14,17-18H,8-12H2,1-3H3,(H,26,27). The third-order valence-electron chi connectivity index (χ3n) is 5.91. The van der Waals surface area contributed by atoms with Crippen molar-refractivity contribution in [3.05, 3.63) is 29.8 Å². The second-order valence-electron chi connectivity index (χ2n) is 8.07. The topological polar surface area (TPSA) is 77.9 Å². The van der Waals surface area contributed by atoms with Gasteiger partial charge in [0.2, 0.25) is 11.8 Å². The van der Waals surface area contributed by atoms with E-state index in [1.807, 2.05) is 31.2 Å². The highest BCUT2D eigenvalue weighted by atomic mass is 16.4. The lowest BCUT2D eigenvalue weighted by atomic mass is 9.86. The zero-order valence-electron chi connectivity index (χ0n) is 16.2. The number of carbonyl (C=O) groups excluding carboxylic acids is 2. The number of likely N-dealkylation sites (tertiary alicyclic amines) is 1. The molecule has 6 heteroatoms. The monoisotopic (exact) mass is 372 g/mol. The molecule has 146 valence electrons. The molecule has 2 amide bonds. The fourth-order valence-electron chi connectivity index (χ4n) is 4.14. The lowest BCUT2D eigenvalue weighted by Gasteiger charge is -2.36. The highest BCUT2D eigenvalue weighted by Gasteiger charge is 2.42. The van der Waals surface area contributed by atoms with Gasteiger partial charge in [0.05, 0.1) is 5.92 Å². The Hall–Kier alpha value is -2.37. The molecule has 0 saturated carbocycles. The van der Waals surface area contributed by atoms with E-state index in [-0.39, 0.29) is 17.7 Å². The summed E-state index contributed by atoms with van der Waals surface area (Å²) >= 11 is 0. The smallest absolute Gasteiger partial charge is 0.306 e. The van der Waals surface area contributed by atoms with E-state index in [9.17, 15) is 19.5 Å². The number of piperidine rings is 1. The normalized spacial score (nSPS) is 25.9. The summed E-state index contributed by atoms with van der Waals surface area (Å²) < 4.78 is 0. The minimum absolute atomic E-state index is 0.101. The van der Waals surface area contributed by atoms with Crippen LogP contribution in [0.5, 0.6) is 0 Å². The van der Waals surface area contributed by atoms with Crippen molar-refractivity contribution in [2.75, 3.05) is 24.5 Å². The van der Waals surface area contributed by atoms with Crippen LogP contribution in [-0.4, -0.2) is 47.4 Å². The number of carbonyl (C=O) groups is 3. The number of aliphatic carboxylic acids is 1. The van der Waals surface area contributed by atoms with Gasteiger partial charge in [0.25, 0.3) is 0 Å². The van der Waals surface area contributed by atoms with Gasteiger partial charge in [-0.15, -0.1) is 0 Å². The van der Waals surface area contributed by atoms with Gasteiger partial charge < -0.3 is 14.9 Å². The van der Waals surface area contributed by atoms with Crippen molar-refractivity contribution in [1.82, 2.24) is 4.90 Å². The van der Waals surface area contributed by atoms with E-state index in [0.29, 0.717) is 38.4 Å². The molecule has 2 fully saturated rings. The minimum Gasteiger partial charge on any atom is -0.481 e. The van der Waals surface area contributed by atoms with Crippen LogP contribution in [0.1, 0.15) is 45.1 Å². The first-order valence-corrected chi connectivity index (χ1v) is 9.72. The second-order valence-corrected chi connectivity index (χ2v) is 8.07. The number of carboxylic acid groups (broad SMARTS) is 1. The second kappa shape index (κ2) is 7.71. The highest BCUT2D eigenvalue weighted by molar-refractivity contribution is 6.09. The van der Waals surface area contributed by atoms with Gasteiger partial charge in [0.15, 0.2) is 0 Å². The molecule has 0 spiro atoms. The molecule has 1 aromatic carbocycles. The Morgan fingerprint density at radius 2 is 1.78 bits per heavy atom. The maximum absolute atomic E-state index is 12.9. The van der Waals surface area contributed by atoms with Gasteiger partial charge in [0, 0.05) is 25.3 Å². The summed E-state index contributed by atoms with van der Waals surface area (Å²) in [5, 5.41) is 9.24. The molecule has 6 nitrogen and oxygen atoms in total. The lowest BCUT2D eigenvalue weighted by molar-refractivity contribution is -0.150. The van der Waals surface area contributed by atoms with Gasteiger partial charge in [-0.25, -0.2) is 0 Å². The summed E-state index contributed by atoms with van der Waals surface area (Å²) in [5.74, 6) is -1.84. The Balaban J connectivity index is 1.66. The van der Waals surface area contributed by atoms with Crippen LogP contribution < -0.4 is 4.90 Å². The highest BCUT2D eigenvalue weighted by Crippen LogP contribution is 2.30. The summed E-state index contributed by atoms with van der Waals surface area (Å²) in [5.41, 5.74) is 2.05. The molecule has 1 N–H and O–H groups in total. The van der Waals surface area contributed by atoms with Crippen LogP contribution in [0.2, 0.25) is 0 Å². The van der Waals surface area contributed by atoms with E-state index in [4.69, 9.17) is 0 Å². The maximum atomic E-state index is 12.9. The molecule has 3 rings (SSSR count). The Kier molecular flexibility index (Phi) is 5.53. The molecule has 2 aliphatic heterocycles. The number of amides is 2. The van der Waals surface area contributed by atoms with Crippen molar-refractivity contribution in [2.24, 2.45) is 17.8 Å². The van der Waals surface area contributed by atoms with Gasteiger partial charge >= 0.3 is 5.97 Å². The molecule has 0 radical (unpaired) electrons. The van der Waals surface area contributed by atoms with Gasteiger partial charge in [0.1, 0.15) is 5.92 Å². The van der Waals surface area contributed by atoms with Crippen molar-refractivity contribution in [1.29, 1.82) is 0 Å². The van der Waals surface area contributed by atoms with E-state index < -0.39 is 17.8 Å². The number of nitrogens with zero attached hydrogens (tertiary/aromatic N) is 2. The third kappa shape index (κ3) is 3.84. The van der Waals surface area contributed by atoms with E-state index in [1.165, 1.54) is 5.56 Å². The van der Waals surface area contributed by atoms with Crippen LogP contribution in [0.25, 0.3) is 0 Å². The summed E-state index contributed by atoms with van der Waals surface area (Å²) in [7, 11) is 0. The zero-order chi connectivity index (χ0) is 19.7. The van der Waals surface area contributed by atoms with Crippen molar-refractivity contribution in [2.45, 2.75) is 39.5 Å². The first-order chi connectivity index (χ1) is 12.8. The summed E-state index contributed by atoms with van der Waals surface area (Å²) in [6.45, 7) is 7.46. The van der Waals surface area contributed by atoms with Crippen LogP contribution in [-0.2, 0) is 14.4 Å². The van der Waals surface area contributed by atoms with E-state index in [0.717, 1.165) is 5.69 Å². The Bertz CT molecular complexity index is 728. The van der Waals surface area contributed by atoms with Crippen molar-refractivity contribution in [3.63, 3.8) is 0 Å². The number of anilines is 1. The third-order valence-corrected chi connectivity index (χ3v) is 5.91. The number of benzene rings is 1. The van der Waals surface area contributed by atoms with Crippen molar-refractivity contribution >= 4 is 23.5 Å². The predicted molar refractivity (Wildman–Crippen MR) is 102 cm³/mol. The van der Waals surface area contributed by atoms with Crippen LogP contribution >= 0.6 is 0 Å². The van der Waals surface area contributed by atoms with Crippen LogP contribution in [0, 0.1) is 17.8 Å². The van der Waals surface area contributed by atoms with Crippen LogP contribution in [0.3, 0.4) is 0 Å². The fourth-order valence-corrected chi connectivity index (χ4v) is 4.14. The number of hydrogen-bond acceptors (Lipinski definition) is 3. The molecular weight excluding hydrogens is 344 g/mol. The molecule has 3 atom stereocenters. The average molecular weight is 372 g/mol. The number of rotatable bonds is 4. The van der Waals surface area contributed by atoms with E-state index >= 15 is 0 Å². The Morgan fingerprint density at radius 3 is 2.33 bits per heavy atom. The van der Waals surface area contributed by atoms with Gasteiger partial charge in [-0.2, -0.15) is 0 Å². The lowest BCUT2D eigenvalue weighted by Crippen LogP contribution is -2.48. The van der Waals surface area contributed by atoms with Crippen LogP contribution in [0.4, 0.5) is 5.69 Å². The molecule has 0 aliphatic carbocycles. The first kappa shape index (κ1) is 19.4. The predicted octanol–water partition coefficient (Wildman–Crippen LogP) is 2.73. The van der Waals surface area contributed by atoms with E-state index in [2.05, 4.69) is 13.8 Å².